The smallest absolute Gasteiger partial charge is 0.254 e. The first kappa shape index (κ1) is 18.7. The van der Waals surface area contributed by atoms with E-state index in [1.165, 1.54) is 17.2 Å². The van der Waals surface area contributed by atoms with Crippen LogP contribution in [0.2, 0.25) is 0 Å². The molecule has 0 radical (unpaired) electrons. The molecular weight excluding hydrogens is 386 g/mol. The zero-order valence-corrected chi connectivity index (χ0v) is 15.5. The van der Waals surface area contributed by atoms with Crippen molar-refractivity contribution < 1.29 is 23.4 Å². The van der Waals surface area contributed by atoms with Gasteiger partial charge in [0.2, 0.25) is 9.84 Å². The lowest BCUT2D eigenvalue weighted by Gasteiger charge is -2.30. The minimum Gasteiger partial charge on any atom is -0.394 e. The lowest BCUT2D eigenvalue weighted by Crippen LogP contribution is -2.43. The molecule has 1 aromatic carbocycles. The molecule has 1 fully saturated rings. The maximum absolute atomic E-state index is 13.5. The van der Waals surface area contributed by atoms with Gasteiger partial charge in [-0.2, -0.15) is 0 Å². The van der Waals surface area contributed by atoms with Gasteiger partial charge in [-0.05, 0) is 5.56 Å². The Morgan fingerprint density at radius 3 is 2.68 bits per heavy atom. The van der Waals surface area contributed by atoms with Crippen LogP contribution in [-0.2, 0) is 25.4 Å². The normalized spacial score (nSPS) is 25.4. The molecule has 0 spiro atoms. The summed E-state index contributed by atoms with van der Waals surface area (Å²) in [7, 11) is -4.05. The number of hydrogen-bond acceptors (Lipinski definition) is 9. The average molecular weight is 405 g/mol. The van der Waals surface area contributed by atoms with Crippen LogP contribution in [0.25, 0.3) is 11.2 Å². The molecule has 0 aliphatic carbocycles. The van der Waals surface area contributed by atoms with E-state index in [9.17, 15) is 18.6 Å². The maximum Gasteiger partial charge on any atom is 0.254 e. The number of nitrogens with two attached hydrogens (primary N) is 1. The minimum atomic E-state index is -4.05. The van der Waals surface area contributed by atoms with E-state index in [-0.39, 0.29) is 29.2 Å². The van der Waals surface area contributed by atoms with Gasteiger partial charge in [-0.1, -0.05) is 30.3 Å². The van der Waals surface area contributed by atoms with Gasteiger partial charge in [-0.15, -0.1) is 0 Å². The Bertz CT molecular complexity index is 1100. The van der Waals surface area contributed by atoms with E-state index in [1.807, 2.05) is 0 Å². The summed E-state index contributed by atoms with van der Waals surface area (Å²) >= 11 is 0. The van der Waals surface area contributed by atoms with Gasteiger partial charge in [0, 0.05) is 6.42 Å². The number of sulfone groups is 1. The molecule has 3 atom stereocenters. The first-order valence-electron chi connectivity index (χ1n) is 8.55. The van der Waals surface area contributed by atoms with E-state index >= 15 is 0 Å². The number of aromatic nitrogens is 4. The van der Waals surface area contributed by atoms with E-state index in [1.54, 1.807) is 30.3 Å². The summed E-state index contributed by atoms with van der Waals surface area (Å²) in [5, 5.41) is 17.9. The van der Waals surface area contributed by atoms with Crippen LogP contribution in [0.3, 0.4) is 0 Å². The summed E-state index contributed by atoms with van der Waals surface area (Å²) in [4.78, 5) is 12.1. The fraction of sp³-hybridized carbons (Fsp3) is 0.353. The van der Waals surface area contributed by atoms with Crippen molar-refractivity contribution in [3.05, 3.63) is 48.5 Å². The number of benzene rings is 1. The molecule has 11 heteroatoms. The minimum absolute atomic E-state index is 0.0941. The molecule has 1 saturated heterocycles. The first-order chi connectivity index (χ1) is 13.4. The van der Waals surface area contributed by atoms with Crippen LogP contribution in [0, 0.1) is 0 Å². The quantitative estimate of drug-likeness (QED) is 0.522. The second-order valence-electron chi connectivity index (χ2n) is 6.61. The Labute approximate surface area is 160 Å². The standard InChI is InChI=1S/C17H19N5O5S/c18-15-14-16(20-9-19-15)22(10-21-14)17(6-12(24)13(7-23)27-17)28(25,26)8-11-4-2-1-3-5-11/h1-5,9-10,12-13,23-24H,6-8H2,(H2,18,19,20)/t12-,13+,17-/m0/s1. The predicted octanol–water partition coefficient (Wildman–Crippen LogP) is -0.224. The van der Waals surface area contributed by atoms with Gasteiger partial charge in [0.05, 0.1) is 18.5 Å². The Kier molecular flexibility index (Phi) is 4.54. The number of aliphatic hydroxyl groups is 2. The highest BCUT2D eigenvalue weighted by molar-refractivity contribution is 7.91. The largest absolute Gasteiger partial charge is 0.394 e. The fourth-order valence-corrected chi connectivity index (χ4v) is 5.42. The van der Waals surface area contributed by atoms with E-state index in [0.717, 1.165) is 0 Å². The lowest BCUT2D eigenvalue weighted by molar-refractivity contribution is -0.0663. The first-order valence-corrected chi connectivity index (χ1v) is 10.2. The highest BCUT2D eigenvalue weighted by Gasteiger charge is 2.57. The van der Waals surface area contributed by atoms with Gasteiger partial charge in [0.15, 0.2) is 11.5 Å². The number of nitrogen functional groups attached to an aromatic ring is 1. The Balaban J connectivity index is 1.89. The predicted molar refractivity (Wildman–Crippen MR) is 99.4 cm³/mol. The molecule has 1 aliphatic heterocycles. The molecule has 2 aromatic heterocycles. The van der Waals surface area contributed by atoms with Crippen molar-refractivity contribution in [1.29, 1.82) is 0 Å². The van der Waals surface area contributed by atoms with Crippen molar-refractivity contribution in [3.63, 3.8) is 0 Å². The third kappa shape index (κ3) is 2.83. The van der Waals surface area contributed by atoms with Crippen molar-refractivity contribution in [1.82, 2.24) is 19.5 Å². The van der Waals surface area contributed by atoms with Crippen molar-refractivity contribution in [2.45, 2.75) is 29.4 Å². The summed E-state index contributed by atoms with van der Waals surface area (Å²) in [5.74, 6) is -0.240. The molecule has 4 N–H and O–H groups in total. The average Bonchev–Trinajstić information content (AvgIpc) is 3.25. The van der Waals surface area contributed by atoms with Crippen LogP contribution < -0.4 is 5.73 Å². The maximum atomic E-state index is 13.5. The van der Waals surface area contributed by atoms with E-state index in [4.69, 9.17) is 10.5 Å². The Morgan fingerprint density at radius 1 is 1.25 bits per heavy atom. The highest BCUT2D eigenvalue weighted by Crippen LogP contribution is 2.43. The molecule has 4 rings (SSSR count). The van der Waals surface area contributed by atoms with Crippen LogP contribution in [0.15, 0.2) is 43.0 Å². The number of aliphatic hydroxyl groups excluding tert-OH is 2. The summed E-state index contributed by atoms with van der Waals surface area (Å²) in [6.07, 6.45) is -0.0928. The third-order valence-corrected chi connectivity index (χ3v) is 6.97. The lowest BCUT2D eigenvalue weighted by atomic mass is 10.2. The van der Waals surface area contributed by atoms with Crippen LogP contribution >= 0.6 is 0 Å². The van der Waals surface area contributed by atoms with Crippen LogP contribution in [0.4, 0.5) is 5.82 Å². The highest BCUT2D eigenvalue weighted by atomic mass is 32.2. The zero-order valence-electron chi connectivity index (χ0n) is 14.7. The molecule has 148 valence electrons. The molecule has 1 aliphatic rings. The summed E-state index contributed by atoms with van der Waals surface area (Å²) in [6.45, 7) is -0.534. The molecule has 10 nitrogen and oxygen atoms in total. The van der Waals surface area contributed by atoms with E-state index in [2.05, 4.69) is 15.0 Å². The van der Waals surface area contributed by atoms with E-state index in [0.29, 0.717) is 5.56 Å². The van der Waals surface area contributed by atoms with Gasteiger partial charge in [-0.25, -0.2) is 23.4 Å². The number of hydrogen-bond donors (Lipinski definition) is 3. The van der Waals surface area contributed by atoms with Crippen molar-refractivity contribution in [2.75, 3.05) is 12.3 Å². The van der Waals surface area contributed by atoms with Crippen LogP contribution in [0.1, 0.15) is 12.0 Å². The number of nitrogens with zero attached hydrogens (tertiary/aromatic N) is 4. The van der Waals surface area contributed by atoms with Crippen molar-refractivity contribution in [2.24, 2.45) is 0 Å². The topological polar surface area (TPSA) is 153 Å². The Hall–Kier alpha value is -2.60. The zero-order chi connectivity index (χ0) is 19.9. The molecule has 0 amide bonds. The van der Waals surface area contributed by atoms with Crippen molar-refractivity contribution >= 4 is 26.8 Å². The number of imidazole rings is 1. The van der Waals surface area contributed by atoms with Gasteiger partial charge >= 0.3 is 0 Å². The van der Waals surface area contributed by atoms with E-state index < -0.39 is 33.7 Å². The SMILES string of the molecule is Nc1ncnc2c1ncn2[C@@]1(S(=O)(=O)Cc2ccccc2)C[C@H](O)[C@@H](CO)O1. The molecule has 0 unspecified atom stereocenters. The van der Waals surface area contributed by atoms with Crippen LogP contribution in [0.5, 0.6) is 0 Å². The van der Waals surface area contributed by atoms with Gasteiger partial charge in [0.25, 0.3) is 5.06 Å². The van der Waals surface area contributed by atoms with Gasteiger partial charge in [0.1, 0.15) is 24.3 Å². The fourth-order valence-electron chi connectivity index (χ4n) is 3.43. The second-order valence-corrected chi connectivity index (χ2v) is 8.77. The number of ether oxygens (including phenoxy) is 1. The monoisotopic (exact) mass is 405 g/mol. The second kappa shape index (κ2) is 6.78. The molecule has 0 saturated carbocycles. The number of anilines is 1. The molecule has 3 heterocycles. The van der Waals surface area contributed by atoms with Crippen molar-refractivity contribution in [3.8, 4) is 0 Å². The van der Waals surface area contributed by atoms with Gasteiger partial charge in [-0.3, -0.25) is 4.57 Å². The van der Waals surface area contributed by atoms with Gasteiger partial charge < -0.3 is 20.7 Å². The number of fused-ring (bicyclic) bond motifs is 1. The molecule has 0 bridgehead atoms. The third-order valence-electron chi connectivity index (χ3n) is 4.83. The molecule has 3 aromatic rings. The summed E-state index contributed by atoms with van der Waals surface area (Å²) in [5.41, 5.74) is 6.77. The molecule has 28 heavy (non-hydrogen) atoms. The van der Waals surface area contributed by atoms with Crippen LogP contribution in [-0.4, -0.2) is 57.0 Å². The summed E-state index contributed by atoms with van der Waals surface area (Å²) < 4.78 is 34.1. The summed E-state index contributed by atoms with van der Waals surface area (Å²) in [6, 6.07) is 8.63. The Morgan fingerprint density at radius 2 is 2.00 bits per heavy atom. The number of rotatable bonds is 5. The molecular formula is C17H19N5O5S.